The van der Waals surface area contributed by atoms with E-state index >= 15 is 0 Å². The highest BCUT2D eigenvalue weighted by Crippen LogP contribution is 2.41. The van der Waals surface area contributed by atoms with E-state index in [1.165, 1.54) is 6.42 Å². The highest BCUT2D eigenvalue weighted by atomic mass is 35.5. The van der Waals surface area contributed by atoms with Crippen LogP contribution in [0.2, 0.25) is 5.02 Å². The number of halogens is 1. The second-order valence-electron chi connectivity index (χ2n) is 6.02. The lowest BCUT2D eigenvalue weighted by Crippen LogP contribution is -2.53. The fourth-order valence-corrected chi connectivity index (χ4v) is 3.82. The first-order valence-corrected chi connectivity index (χ1v) is 7.67. The molecule has 1 saturated carbocycles. The number of nitrogens with zero attached hydrogens (tertiary/aromatic N) is 2. The maximum atomic E-state index is 10.7. The van der Waals surface area contributed by atoms with E-state index in [0.717, 1.165) is 44.5 Å². The molecule has 3 nitrogen and oxygen atoms in total. The number of nitriles is 1. The first kappa shape index (κ1) is 13.7. The van der Waals surface area contributed by atoms with Crippen LogP contribution < -0.4 is 4.90 Å². The van der Waals surface area contributed by atoms with Crippen molar-refractivity contribution in [3.05, 3.63) is 28.8 Å². The molecule has 4 heteroatoms. The van der Waals surface area contributed by atoms with Gasteiger partial charge >= 0.3 is 0 Å². The first-order chi connectivity index (χ1) is 9.62. The lowest BCUT2D eigenvalue weighted by Gasteiger charge is -2.48. The molecular weight excluding hydrogens is 272 g/mol. The molecule has 106 valence electrons. The molecule has 1 aliphatic heterocycles. The van der Waals surface area contributed by atoms with Gasteiger partial charge in [0.2, 0.25) is 0 Å². The van der Waals surface area contributed by atoms with Crippen molar-refractivity contribution in [1.29, 1.82) is 5.26 Å². The normalized spacial score (nSPS) is 29.6. The van der Waals surface area contributed by atoms with Crippen LogP contribution in [-0.4, -0.2) is 23.8 Å². The van der Waals surface area contributed by atoms with E-state index in [2.05, 4.69) is 11.0 Å². The number of fused-ring (bicyclic) bond motifs is 1. The van der Waals surface area contributed by atoms with Crippen LogP contribution in [0.4, 0.5) is 5.69 Å². The Morgan fingerprint density at radius 1 is 1.35 bits per heavy atom. The lowest BCUT2D eigenvalue weighted by atomic mass is 9.71. The highest BCUT2D eigenvalue weighted by Gasteiger charge is 2.43. The van der Waals surface area contributed by atoms with Crippen LogP contribution in [0, 0.1) is 17.2 Å². The quantitative estimate of drug-likeness (QED) is 0.863. The van der Waals surface area contributed by atoms with E-state index in [9.17, 15) is 10.4 Å². The summed E-state index contributed by atoms with van der Waals surface area (Å²) in [6.45, 7) is 1.62. The number of hydrogen-bond acceptors (Lipinski definition) is 3. The molecule has 2 unspecified atom stereocenters. The van der Waals surface area contributed by atoms with Gasteiger partial charge < -0.3 is 10.0 Å². The summed E-state index contributed by atoms with van der Waals surface area (Å²) in [5, 5.41) is 20.6. The van der Waals surface area contributed by atoms with Gasteiger partial charge in [-0.15, -0.1) is 0 Å². The number of aliphatic hydroxyl groups is 1. The lowest BCUT2D eigenvalue weighted by molar-refractivity contribution is -0.0612. The summed E-state index contributed by atoms with van der Waals surface area (Å²) < 4.78 is 0. The summed E-state index contributed by atoms with van der Waals surface area (Å²) in [5.74, 6) is 0.315. The predicted molar refractivity (Wildman–Crippen MR) is 79.9 cm³/mol. The van der Waals surface area contributed by atoms with Crippen LogP contribution in [0.3, 0.4) is 0 Å². The van der Waals surface area contributed by atoms with E-state index in [-0.39, 0.29) is 0 Å². The van der Waals surface area contributed by atoms with Gasteiger partial charge in [-0.3, -0.25) is 0 Å². The van der Waals surface area contributed by atoms with Crippen molar-refractivity contribution < 1.29 is 5.11 Å². The predicted octanol–water partition coefficient (Wildman–Crippen LogP) is 3.34. The minimum atomic E-state index is -0.486. The first-order valence-electron chi connectivity index (χ1n) is 7.29. The number of hydrogen-bond donors (Lipinski definition) is 1. The number of anilines is 1. The van der Waals surface area contributed by atoms with E-state index in [0.29, 0.717) is 16.5 Å². The SMILES string of the molecule is N#Cc1ccc(Cl)cc1N1CCC2(O)CCCCC2C1. The average molecular weight is 291 g/mol. The Kier molecular flexibility index (Phi) is 3.62. The number of benzene rings is 1. The Balaban J connectivity index is 1.86. The molecule has 3 rings (SSSR count). The summed E-state index contributed by atoms with van der Waals surface area (Å²) in [6.07, 6.45) is 5.12. The topological polar surface area (TPSA) is 47.3 Å². The van der Waals surface area contributed by atoms with E-state index < -0.39 is 5.60 Å². The van der Waals surface area contributed by atoms with E-state index in [4.69, 9.17) is 11.6 Å². The van der Waals surface area contributed by atoms with Crippen molar-refractivity contribution in [2.75, 3.05) is 18.0 Å². The monoisotopic (exact) mass is 290 g/mol. The smallest absolute Gasteiger partial charge is 0.101 e. The Morgan fingerprint density at radius 2 is 2.20 bits per heavy atom. The third kappa shape index (κ3) is 2.39. The molecule has 0 aromatic heterocycles. The zero-order chi connectivity index (χ0) is 14.2. The summed E-state index contributed by atoms with van der Waals surface area (Å²) in [4.78, 5) is 2.22. The van der Waals surface area contributed by atoms with Crippen molar-refractivity contribution >= 4 is 17.3 Å². The second-order valence-corrected chi connectivity index (χ2v) is 6.45. The average Bonchev–Trinajstić information content (AvgIpc) is 2.46. The zero-order valence-corrected chi connectivity index (χ0v) is 12.2. The van der Waals surface area contributed by atoms with Crippen LogP contribution >= 0.6 is 11.6 Å². The molecule has 2 atom stereocenters. The molecule has 20 heavy (non-hydrogen) atoms. The number of piperidine rings is 1. The van der Waals surface area contributed by atoms with Crippen LogP contribution in [0.5, 0.6) is 0 Å². The van der Waals surface area contributed by atoms with E-state index in [1.807, 2.05) is 6.07 Å². The molecule has 1 saturated heterocycles. The van der Waals surface area contributed by atoms with Gasteiger partial charge in [-0.2, -0.15) is 5.26 Å². The van der Waals surface area contributed by atoms with Crippen LogP contribution in [0.25, 0.3) is 0 Å². The van der Waals surface area contributed by atoms with Crippen molar-refractivity contribution in [2.45, 2.75) is 37.7 Å². The molecule has 1 heterocycles. The maximum Gasteiger partial charge on any atom is 0.101 e. The minimum absolute atomic E-state index is 0.315. The van der Waals surface area contributed by atoms with Gasteiger partial charge in [0.25, 0.3) is 0 Å². The van der Waals surface area contributed by atoms with Crippen molar-refractivity contribution in [3.8, 4) is 6.07 Å². The molecule has 2 aliphatic rings. The fraction of sp³-hybridized carbons (Fsp3) is 0.562. The molecular formula is C16H19ClN2O. The Bertz CT molecular complexity index is 554. The van der Waals surface area contributed by atoms with Gasteiger partial charge in [0.05, 0.1) is 16.9 Å². The Morgan fingerprint density at radius 3 is 3.00 bits per heavy atom. The van der Waals surface area contributed by atoms with Gasteiger partial charge in [-0.1, -0.05) is 24.4 Å². The zero-order valence-electron chi connectivity index (χ0n) is 11.5. The Hall–Kier alpha value is -1.24. The Labute approximate surface area is 124 Å². The molecule has 0 radical (unpaired) electrons. The molecule has 0 amide bonds. The maximum absolute atomic E-state index is 10.7. The summed E-state index contributed by atoms with van der Waals surface area (Å²) in [5.41, 5.74) is 1.09. The van der Waals surface area contributed by atoms with Crippen molar-refractivity contribution in [1.82, 2.24) is 0 Å². The molecule has 1 aliphatic carbocycles. The van der Waals surface area contributed by atoms with Crippen molar-refractivity contribution in [3.63, 3.8) is 0 Å². The molecule has 0 spiro atoms. The molecule has 1 aromatic carbocycles. The molecule has 0 bridgehead atoms. The van der Waals surface area contributed by atoms with Crippen LogP contribution in [0.1, 0.15) is 37.7 Å². The third-order valence-electron chi connectivity index (χ3n) is 4.85. The van der Waals surface area contributed by atoms with Gasteiger partial charge in [-0.05, 0) is 37.5 Å². The van der Waals surface area contributed by atoms with Gasteiger partial charge in [0.1, 0.15) is 6.07 Å². The van der Waals surface area contributed by atoms with Gasteiger partial charge in [0, 0.05) is 24.0 Å². The van der Waals surface area contributed by atoms with Crippen LogP contribution in [-0.2, 0) is 0 Å². The second kappa shape index (κ2) is 5.27. The third-order valence-corrected chi connectivity index (χ3v) is 5.08. The number of rotatable bonds is 1. The highest BCUT2D eigenvalue weighted by molar-refractivity contribution is 6.30. The summed E-state index contributed by atoms with van der Waals surface area (Å²) in [6, 6.07) is 7.64. The fourth-order valence-electron chi connectivity index (χ4n) is 3.65. The van der Waals surface area contributed by atoms with Crippen molar-refractivity contribution in [2.24, 2.45) is 5.92 Å². The van der Waals surface area contributed by atoms with Gasteiger partial charge in [0.15, 0.2) is 0 Å². The summed E-state index contributed by atoms with van der Waals surface area (Å²) in [7, 11) is 0. The molecule has 1 aromatic rings. The standard InChI is InChI=1S/C16H19ClN2O/c17-14-5-4-12(10-18)15(9-14)19-8-7-16(20)6-2-1-3-13(16)11-19/h4-5,9,13,20H,1-3,6-8,11H2. The van der Waals surface area contributed by atoms with E-state index in [1.54, 1.807) is 12.1 Å². The molecule has 1 N–H and O–H groups in total. The van der Waals surface area contributed by atoms with Crippen LogP contribution in [0.15, 0.2) is 18.2 Å². The molecule has 2 fully saturated rings. The largest absolute Gasteiger partial charge is 0.389 e. The minimum Gasteiger partial charge on any atom is -0.389 e. The summed E-state index contributed by atoms with van der Waals surface area (Å²) >= 11 is 6.07. The van der Waals surface area contributed by atoms with Gasteiger partial charge in [-0.25, -0.2) is 0 Å².